The van der Waals surface area contributed by atoms with E-state index in [1.807, 2.05) is 30.3 Å². The van der Waals surface area contributed by atoms with E-state index in [2.05, 4.69) is 5.10 Å². The molecule has 0 aliphatic carbocycles. The van der Waals surface area contributed by atoms with Gasteiger partial charge in [-0.1, -0.05) is 18.2 Å². The largest absolute Gasteiger partial charge is 1.00 e. The standard InChI is InChI=1S/C9H10N2O.K/c12-9-6-7-11(10-9)8-4-2-1-3-5-8;/h1-5H,6-7H2,(H,10,12);/q;+1/p-1. The Labute approximate surface area is 120 Å². The number of hydrogen-bond acceptors (Lipinski definition) is 3. The van der Waals surface area contributed by atoms with Gasteiger partial charge >= 0.3 is 51.4 Å². The number of para-hydroxylation sites is 1. The molecule has 1 aromatic rings. The summed E-state index contributed by atoms with van der Waals surface area (Å²) in [6.07, 6.45) is 0.537. The molecule has 0 bridgehead atoms. The molecule has 3 nitrogen and oxygen atoms in total. The van der Waals surface area contributed by atoms with Gasteiger partial charge < -0.3 is 5.11 Å². The van der Waals surface area contributed by atoms with Crippen molar-refractivity contribution in [2.75, 3.05) is 11.6 Å². The second kappa shape index (κ2) is 5.12. The van der Waals surface area contributed by atoms with Crippen LogP contribution in [0.4, 0.5) is 5.69 Å². The first-order valence-corrected chi connectivity index (χ1v) is 3.93. The van der Waals surface area contributed by atoms with Gasteiger partial charge in [-0.3, -0.25) is 5.01 Å². The fourth-order valence-electron chi connectivity index (χ4n) is 1.22. The average molecular weight is 200 g/mol. The van der Waals surface area contributed by atoms with Gasteiger partial charge in [-0.15, -0.1) is 0 Å². The van der Waals surface area contributed by atoms with Crippen molar-refractivity contribution >= 4 is 11.6 Å². The summed E-state index contributed by atoms with van der Waals surface area (Å²) < 4.78 is 0. The zero-order valence-corrected chi connectivity index (χ0v) is 10.7. The van der Waals surface area contributed by atoms with Crippen LogP contribution in [0, 0.1) is 0 Å². The number of rotatable bonds is 1. The molecule has 1 aliphatic rings. The van der Waals surface area contributed by atoms with Crippen molar-refractivity contribution in [3.05, 3.63) is 30.3 Å². The summed E-state index contributed by atoms with van der Waals surface area (Å²) in [7, 11) is 0. The van der Waals surface area contributed by atoms with Crippen LogP contribution in [-0.2, 0) is 0 Å². The molecule has 0 spiro atoms. The quantitative estimate of drug-likeness (QED) is 0.473. The summed E-state index contributed by atoms with van der Waals surface area (Å²) in [5.74, 6) is -0.0288. The molecule has 0 radical (unpaired) electrons. The summed E-state index contributed by atoms with van der Waals surface area (Å²) in [5.41, 5.74) is 0.989. The monoisotopic (exact) mass is 200 g/mol. The third kappa shape index (κ3) is 2.79. The molecule has 0 atom stereocenters. The van der Waals surface area contributed by atoms with Crippen LogP contribution in [0.1, 0.15) is 6.42 Å². The molecule has 0 saturated carbocycles. The van der Waals surface area contributed by atoms with Gasteiger partial charge in [0.2, 0.25) is 0 Å². The van der Waals surface area contributed by atoms with E-state index in [4.69, 9.17) is 0 Å². The first kappa shape index (κ1) is 11.2. The van der Waals surface area contributed by atoms with Crippen LogP contribution in [0.5, 0.6) is 0 Å². The number of nitrogens with zero attached hydrogens (tertiary/aromatic N) is 2. The smallest absolute Gasteiger partial charge is 0.860 e. The van der Waals surface area contributed by atoms with Gasteiger partial charge in [0.05, 0.1) is 5.69 Å². The molecule has 62 valence electrons. The van der Waals surface area contributed by atoms with Gasteiger partial charge in [-0.25, -0.2) is 0 Å². The molecule has 1 aromatic carbocycles. The van der Waals surface area contributed by atoms with Crippen LogP contribution in [0.3, 0.4) is 0 Å². The third-order valence-electron chi connectivity index (χ3n) is 1.82. The maximum Gasteiger partial charge on any atom is 1.00 e. The van der Waals surface area contributed by atoms with Gasteiger partial charge in [0.1, 0.15) is 0 Å². The van der Waals surface area contributed by atoms with E-state index in [1.54, 1.807) is 5.01 Å². The first-order valence-electron chi connectivity index (χ1n) is 3.93. The number of hydrogen-bond donors (Lipinski definition) is 0. The van der Waals surface area contributed by atoms with E-state index in [0.29, 0.717) is 13.0 Å². The van der Waals surface area contributed by atoms with E-state index in [0.717, 1.165) is 5.69 Å². The fraction of sp³-hybridized carbons (Fsp3) is 0.222. The Morgan fingerprint density at radius 2 is 1.92 bits per heavy atom. The Kier molecular flexibility index (Phi) is 4.41. The summed E-state index contributed by atoms with van der Waals surface area (Å²) in [6.45, 7) is 0.711. The molecular weight excluding hydrogens is 191 g/mol. The zero-order chi connectivity index (χ0) is 8.39. The summed E-state index contributed by atoms with van der Waals surface area (Å²) in [4.78, 5) is 0. The topological polar surface area (TPSA) is 38.7 Å². The number of hydrazone groups is 1. The van der Waals surface area contributed by atoms with Crippen molar-refractivity contribution < 1.29 is 56.5 Å². The van der Waals surface area contributed by atoms with Gasteiger partial charge in [0.15, 0.2) is 0 Å². The molecule has 0 saturated heterocycles. The molecule has 1 aliphatic heterocycles. The second-order valence-corrected chi connectivity index (χ2v) is 2.70. The molecule has 0 aromatic heterocycles. The van der Waals surface area contributed by atoms with Gasteiger partial charge in [0, 0.05) is 6.54 Å². The van der Waals surface area contributed by atoms with Crippen LogP contribution in [0.25, 0.3) is 0 Å². The van der Waals surface area contributed by atoms with E-state index >= 15 is 0 Å². The summed E-state index contributed by atoms with van der Waals surface area (Å²) in [5, 5.41) is 16.4. The molecule has 13 heavy (non-hydrogen) atoms. The molecule has 1 heterocycles. The van der Waals surface area contributed by atoms with E-state index in [9.17, 15) is 5.11 Å². The molecule has 0 unspecified atom stereocenters. The van der Waals surface area contributed by atoms with Crippen LogP contribution in [-0.4, -0.2) is 12.4 Å². The Morgan fingerprint density at radius 1 is 1.23 bits per heavy atom. The first-order chi connectivity index (χ1) is 5.86. The Balaban J connectivity index is 0.000000845. The average Bonchev–Trinajstić information content (AvgIpc) is 2.54. The van der Waals surface area contributed by atoms with E-state index in [-0.39, 0.29) is 57.3 Å². The van der Waals surface area contributed by atoms with E-state index in [1.165, 1.54) is 0 Å². The SMILES string of the molecule is [K+].[O-]C1=NN(c2ccccc2)CC1. The summed E-state index contributed by atoms with van der Waals surface area (Å²) >= 11 is 0. The predicted molar refractivity (Wildman–Crippen MR) is 45.8 cm³/mol. The van der Waals surface area contributed by atoms with Crippen molar-refractivity contribution in [3.8, 4) is 0 Å². The minimum Gasteiger partial charge on any atom is -0.860 e. The number of benzene rings is 1. The van der Waals surface area contributed by atoms with Crippen molar-refractivity contribution in [2.24, 2.45) is 5.10 Å². The molecule has 2 rings (SSSR count). The molecule has 4 heteroatoms. The Morgan fingerprint density at radius 3 is 2.46 bits per heavy atom. The van der Waals surface area contributed by atoms with E-state index < -0.39 is 0 Å². The van der Waals surface area contributed by atoms with Crippen molar-refractivity contribution in [1.82, 2.24) is 0 Å². The molecule has 0 N–H and O–H groups in total. The van der Waals surface area contributed by atoms with Gasteiger partial charge in [-0.05, 0) is 24.5 Å². The maximum atomic E-state index is 10.8. The van der Waals surface area contributed by atoms with Crippen LogP contribution < -0.4 is 61.5 Å². The minimum atomic E-state index is -0.0288. The van der Waals surface area contributed by atoms with Crippen molar-refractivity contribution in [3.63, 3.8) is 0 Å². The molecular formula is C9H9KN2O. The Hall–Kier alpha value is 0.126. The maximum absolute atomic E-state index is 10.8. The van der Waals surface area contributed by atoms with Gasteiger partial charge in [-0.2, -0.15) is 5.10 Å². The van der Waals surface area contributed by atoms with Crippen molar-refractivity contribution in [2.45, 2.75) is 6.42 Å². The zero-order valence-electron chi connectivity index (χ0n) is 7.60. The minimum absolute atomic E-state index is 0. The van der Waals surface area contributed by atoms with Crippen molar-refractivity contribution in [1.29, 1.82) is 0 Å². The Bertz CT molecular complexity index is 300. The number of anilines is 1. The van der Waals surface area contributed by atoms with Crippen LogP contribution in [0.15, 0.2) is 35.4 Å². The van der Waals surface area contributed by atoms with Crippen LogP contribution >= 0.6 is 0 Å². The van der Waals surface area contributed by atoms with Crippen LogP contribution in [0.2, 0.25) is 0 Å². The normalized spacial score (nSPS) is 15.1. The predicted octanol–water partition coefficient (Wildman–Crippen LogP) is -2.43. The molecule has 0 amide bonds. The second-order valence-electron chi connectivity index (χ2n) is 2.70. The van der Waals surface area contributed by atoms with Gasteiger partial charge in [0.25, 0.3) is 0 Å². The third-order valence-corrected chi connectivity index (χ3v) is 1.82. The molecule has 0 fully saturated rings. The summed E-state index contributed by atoms with van der Waals surface area (Å²) in [6, 6.07) is 9.72. The fourth-order valence-corrected chi connectivity index (χ4v) is 1.22.